The van der Waals surface area contributed by atoms with Gasteiger partial charge in [0.25, 0.3) is 0 Å². The summed E-state index contributed by atoms with van der Waals surface area (Å²) in [5, 5.41) is 6.61. The van der Waals surface area contributed by atoms with E-state index in [1.165, 1.54) is 23.7 Å². The van der Waals surface area contributed by atoms with Crippen LogP contribution in [-0.2, 0) is 6.42 Å². The molecule has 1 saturated heterocycles. The number of nitrogens with one attached hydrogen (secondary N) is 2. The summed E-state index contributed by atoms with van der Waals surface area (Å²) in [6, 6.07) is 6.36. The van der Waals surface area contributed by atoms with Gasteiger partial charge in [-0.3, -0.25) is 0 Å². The number of piperidine rings is 1. The first-order chi connectivity index (χ1) is 12.6. The van der Waals surface area contributed by atoms with Crippen LogP contribution in [0, 0.1) is 11.7 Å². The number of benzene rings is 1. The minimum Gasteiger partial charge on any atom is -0.347 e. The number of carbonyl (C=O) groups excluding carboxylic acids is 1. The van der Waals surface area contributed by atoms with Crippen LogP contribution in [0.25, 0.3) is 0 Å². The van der Waals surface area contributed by atoms with Crippen molar-refractivity contribution in [2.24, 2.45) is 5.92 Å². The lowest BCUT2D eigenvalue weighted by atomic mass is 9.97. The third-order valence-electron chi connectivity index (χ3n) is 4.51. The van der Waals surface area contributed by atoms with Gasteiger partial charge in [-0.15, -0.1) is 0 Å². The van der Waals surface area contributed by atoms with Gasteiger partial charge in [0, 0.05) is 44.1 Å². The van der Waals surface area contributed by atoms with Crippen molar-refractivity contribution in [1.82, 2.24) is 20.0 Å². The van der Waals surface area contributed by atoms with Crippen molar-refractivity contribution < 1.29 is 9.18 Å². The van der Waals surface area contributed by atoms with Crippen LogP contribution in [-0.4, -0.2) is 41.6 Å². The van der Waals surface area contributed by atoms with Gasteiger partial charge in [0.2, 0.25) is 5.13 Å². The number of rotatable bonds is 6. The number of hydrogen-bond donors (Lipinski definition) is 2. The van der Waals surface area contributed by atoms with Crippen molar-refractivity contribution in [2.45, 2.75) is 26.2 Å². The highest BCUT2D eigenvalue weighted by Crippen LogP contribution is 2.25. The maximum Gasteiger partial charge on any atom is 0.314 e. The predicted octanol–water partition coefficient (Wildman–Crippen LogP) is 2.80. The summed E-state index contributed by atoms with van der Waals surface area (Å²) in [6.45, 7) is 5.11. The lowest BCUT2D eigenvalue weighted by Crippen LogP contribution is -2.41. The van der Waals surface area contributed by atoms with Crippen molar-refractivity contribution in [3.63, 3.8) is 0 Å². The third kappa shape index (κ3) is 5.14. The summed E-state index contributed by atoms with van der Waals surface area (Å²) in [5.74, 6) is 1.04. The number of amides is 2. The molecule has 2 N–H and O–H groups in total. The molecule has 140 valence electrons. The highest BCUT2D eigenvalue weighted by molar-refractivity contribution is 7.09. The summed E-state index contributed by atoms with van der Waals surface area (Å²) in [4.78, 5) is 18.4. The van der Waals surface area contributed by atoms with Crippen molar-refractivity contribution in [3.8, 4) is 0 Å². The Bertz CT molecular complexity index is 713. The van der Waals surface area contributed by atoms with Crippen LogP contribution in [0.4, 0.5) is 14.3 Å². The molecule has 26 heavy (non-hydrogen) atoms. The Balaban J connectivity index is 1.47. The monoisotopic (exact) mass is 377 g/mol. The quantitative estimate of drug-likeness (QED) is 0.812. The van der Waals surface area contributed by atoms with E-state index in [4.69, 9.17) is 0 Å². The fraction of sp³-hybridized carbons (Fsp3) is 0.500. The van der Waals surface area contributed by atoms with Gasteiger partial charge in [-0.05, 0) is 43.4 Å². The van der Waals surface area contributed by atoms with E-state index in [-0.39, 0.29) is 11.8 Å². The van der Waals surface area contributed by atoms with Crippen molar-refractivity contribution in [3.05, 3.63) is 41.5 Å². The molecule has 0 bridgehead atoms. The second-order valence-electron chi connectivity index (χ2n) is 6.47. The first kappa shape index (κ1) is 18.6. The minimum absolute atomic E-state index is 0.0931. The van der Waals surface area contributed by atoms with Gasteiger partial charge in [-0.1, -0.05) is 12.1 Å². The number of urea groups is 1. The van der Waals surface area contributed by atoms with Gasteiger partial charge in [0.15, 0.2) is 0 Å². The molecule has 0 aliphatic carbocycles. The van der Waals surface area contributed by atoms with E-state index in [0.29, 0.717) is 25.4 Å². The first-order valence-electron chi connectivity index (χ1n) is 8.97. The number of aromatic nitrogens is 2. The standard InChI is InChI=1S/C18H24FN5OS/c1-2-20-17(25)21-12-14-7-9-24(10-8-14)18-22-16(23-26-18)11-13-3-5-15(19)6-4-13/h3-6,14H,2,7-12H2,1H3,(H2,20,21,25). The highest BCUT2D eigenvalue weighted by Gasteiger charge is 2.22. The van der Waals surface area contributed by atoms with E-state index >= 15 is 0 Å². The molecule has 1 aromatic heterocycles. The van der Waals surface area contributed by atoms with Gasteiger partial charge in [-0.25, -0.2) is 14.2 Å². The minimum atomic E-state index is -0.231. The topological polar surface area (TPSA) is 70.2 Å². The van der Waals surface area contributed by atoms with E-state index in [1.807, 2.05) is 6.92 Å². The molecule has 6 nitrogen and oxygen atoms in total. The molecule has 0 radical (unpaired) electrons. The van der Waals surface area contributed by atoms with E-state index in [2.05, 4.69) is 24.9 Å². The Labute approximate surface area is 157 Å². The Morgan fingerprint density at radius 2 is 2.00 bits per heavy atom. The summed E-state index contributed by atoms with van der Waals surface area (Å²) >= 11 is 1.42. The van der Waals surface area contributed by atoms with Crippen LogP contribution in [0.1, 0.15) is 31.2 Å². The SMILES string of the molecule is CCNC(=O)NCC1CCN(c2nc(Cc3ccc(F)cc3)ns2)CC1. The number of hydrogen-bond acceptors (Lipinski definition) is 5. The smallest absolute Gasteiger partial charge is 0.314 e. The van der Waals surface area contributed by atoms with E-state index in [1.54, 1.807) is 12.1 Å². The van der Waals surface area contributed by atoms with Crippen molar-refractivity contribution >= 4 is 22.7 Å². The average molecular weight is 377 g/mol. The zero-order valence-electron chi connectivity index (χ0n) is 14.9. The molecule has 2 amide bonds. The van der Waals surface area contributed by atoms with E-state index < -0.39 is 0 Å². The van der Waals surface area contributed by atoms with Crippen LogP contribution in [0.5, 0.6) is 0 Å². The maximum atomic E-state index is 13.0. The van der Waals surface area contributed by atoms with E-state index in [9.17, 15) is 9.18 Å². The lowest BCUT2D eigenvalue weighted by molar-refractivity contribution is 0.238. The van der Waals surface area contributed by atoms with Gasteiger partial charge in [0.1, 0.15) is 11.6 Å². The van der Waals surface area contributed by atoms with Gasteiger partial charge >= 0.3 is 6.03 Å². The summed E-state index contributed by atoms with van der Waals surface area (Å²) in [5.41, 5.74) is 1.01. The second-order valence-corrected chi connectivity index (χ2v) is 7.20. The predicted molar refractivity (Wildman–Crippen MR) is 101 cm³/mol. The molecule has 8 heteroatoms. The molecule has 2 aromatic rings. The van der Waals surface area contributed by atoms with Crippen molar-refractivity contribution in [1.29, 1.82) is 0 Å². The Kier molecular flexibility index (Phi) is 6.38. The van der Waals surface area contributed by atoms with Crippen LogP contribution < -0.4 is 15.5 Å². The van der Waals surface area contributed by atoms with Crippen molar-refractivity contribution in [2.75, 3.05) is 31.1 Å². The Morgan fingerprint density at radius 1 is 1.27 bits per heavy atom. The molecular formula is C18H24FN5OS. The van der Waals surface area contributed by atoms with Gasteiger partial charge in [-0.2, -0.15) is 4.37 Å². The number of anilines is 1. The molecule has 0 atom stereocenters. The molecule has 3 rings (SSSR count). The third-order valence-corrected chi connectivity index (χ3v) is 5.32. The molecule has 0 unspecified atom stereocenters. The first-order valence-corrected chi connectivity index (χ1v) is 9.75. The van der Waals surface area contributed by atoms with Crippen LogP contribution in [0.2, 0.25) is 0 Å². The van der Waals surface area contributed by atoms with Crippen LogP contribution in [0.15, 0.2) is 24.3 Å². The Morgan fingerprint density at radius 3 is 2.69 bits per heavy atom. The number of nitrogens with zero attached hydrogens (tertiary/aromatic N) is 3. The molecule has 2 heterocycles. The van der Waals surface area contributed by atoms with E-state index in [0.717, 1.165) is 42.5 Å². The zero-order valence-corrected chi connectivity index (χ0v) is 15.7. The summed E-state index contributed by atoms with van der Waals surface area (Å²) in [6.07, 6.45) is 2.67. The molecular weight excluding hydrogens is 353 g/mol. The van der Waals surface area contributed by atoms with Gasteiger partial charge < -0.3 is 15.5 Å². The molecule has 0 spiro atoms. The number of carbonyl (C=O) groups is 1. The Hall–Kier alpha value is -2.22. The summed E-state index contributed by atoms with van der Waals surface area (Å²) < 4.78 is 17.4. The average Bonchev–Trinajstić information content (AvgIpc) is 3.11. The largest absolute Gasteiger partial charge is 0.347 e. The fourth-order valence-corrected chi connectivity index (χ4v) is 3.75. The summed E-state index contributed by atoms with van der Waals surface area (Å²) in [7, 11) is 0. The molecule has 0 saturated carbocycles. The lowest BCUT2D eigenvalue weighted by Gasteiger charge is -2.31. The second kappa shape index (κ2) is 8.93. The van der Waals surface area contributed by atoms with Crippen LogP contribution >= 0.6 is 11.5 Å². The van der Waals surface area contributed by atoms with Crippen LogP contribution in [0.3, 0.4) is 0 Å². The zero-order chi connectivity index (χ0) is 18.4. The fourth-order valence-electron chi connectivity index (χ4n) is 3.02. The number of halogens is 1. The molecule has 1 aliphatic rings. The molecule has 1 aromatic carbocycles. The molecule has 1 aliphatic heterocycles. The highest BCUT2D eigenvalue weighted by atomic mass is 32.1. The van der Waals surface area contributed by atoms with Gasteiger partial charge in [0.05, 0.1) is 0 Å². The normalized spacial score (nSPS) is 15.1. The maximum absolute atomic E-state index is 13.0. The molecule has 1 fully saturated rings.